The average Bonchev–Trinajstić information content (AvgIpc) is 3.11. The molecular weight excluding hydrogens is 508 g/mol. The summed E-state index contributed by atoms with van der Waals surface area (Å²) < 4.78 is 26.3. The van der Waals surface area contributed by atoms with Gasteiger partial charge in [-0.15, -0.1) is 0 Å². The van der Waals surface area contributed by atoms with Crippen LogP contribution in [0.15, 0.2) is 59.5 Å². The van der Waals surface area contributed by atoms with Crippen molar-refractivity contribution >= 4 is 33.7 Å². The maximum absolute atomic E-state index is 13.1. The van der Waals surface area contributed by atoms with E-state index in [0.717, 1.165) is 5.56 Å². The number of fused-ring (bicyclic) bond motifs is 1. The van der Waals surface area contributed by atoms with Gasteiger partial charge in [0.05, 0.1) is 12.1 Å². The van der Waals surface area contributed by atoms with Gasteiger partial charge < -0.3 is 15.5 Å². The molecule has 0 saturated carbocycles. The molecule has 2 aliphatic heterocycles. The Morgan fingerprint density at radius 2 is 1.61 bits per heavy atom. The van der Waals surface area contributed by atoms with Gasteiger partial charge in [0.15, 0.2) is 0 Å². The molecular formula is C27H32N4O6S. The highest BCUT2D eigenvalue weighted by Gasteiger charge is 2.40. The van der Waals surface area contributed by atoms with Gasteiger partial charge in [-0.05, 0) is 42.9 Å². The number of benzene rings is 2. The zero-order valence-corrected chi connectivity index (χ0v) is 21.9. The van der Waals surface area contributed by atoms with Crippen molar-refractivity contribution in [2.75, 3.05) is 32.7 Å². The van der Waals surface area contributed by atoms with Crippen molar-refractivity contribution in [3.8, 4) is 0 Å². The molecule has 10 nitrogen and oxygen atoms in total. The molecule has 11 heteroatoms. The molecule has 2 N–H and O–H groups in total. The third-order valence-electron chi connectivity index (χ3n) is 6.86. The van der Waals surface area contributed by atoms with Gasteiger partial charge in [-0.25, -0.2) is 12.7 Å². The first-order chi connectivity index (χ1) is 18.3. The van der Waals surface area contributed by atoms with Crippen LogP contribution in [0.1, 0.15) is 53.9 Å². The van der Waals surface area contributed by atoms with E-state index < -0.39 is 21.8 Å². The van der Waals surface area contributed by atoms with E-state index in [2.05, 4.69) is 10.6 Å². The van der Waals surface area contributed by atoms with Crippen LogP contribution in [-0.4, -0.2) is 74.0 Å². The van der Waals surface area contributed by atoms with Crippen molar-refractivity contribution in [3.05, 3.63) is 65.7 Å². The van der Waals surface area contributed by atoms with Crippen molar-refractivity contribution in [3.63, 3.8) is 0 Å². The molecule has 1 saturated heterocycles. The summed E-state index contributed by atoms with van der Waals surface area (Å²) in [5, 5.41) is 5.74. The molecule has 1 unspecified atom stereocenters. The summed E-state index contributed by atoms with van der Waals surface area (Å²) in [4.78, 5) is 52.1. The zero-order valence-electron chi connectivity index (χ0n) is 21.1. The fourth-order valence-electron chi connectivity index (χ4n) is 4.81. The molecule has 2 heterocycles. The van der Waals surface area contributed by atoms with Crippen LogP contribution in [0.25, 0.3) is 0 Å². The van der Waals surface area contributed by atoms with Crippen molar-refractivity contribution in [2.24, 2.45) is 0 Å². The molecule has 2 aliphatic rings. The third kappa shape index (κ3) is 6.39. The number of amides is 4. The first kappa shape index (κ1) is 27.3. The van der Waals surface area contributed by atoms with Crippen molar-refractivity contribution in [1.82, 2.24) is 19.8 Å². The van der Waals surface area contributed by atoms with Crippen LogP contribution < -0.4 is 10.6 Å². The number of nitrogens with zero attached hydrogens (tertiary/aromatic N) is 2. The van der Waals surface area contributed by atoms with E-state index in [1.165, 1.54) is 17.0 Å². The van der Waals surface area contributed by atoms with Crippen LogP contribution in [0.2, 0.25) is 0 Å². The van der Waals surface area contributed by atoms with Gasteiger partial charge in [0.2, 0.25) is 17.7 Å². The van der Waals surface area contributed by atoms with E-state index in [1.807, 2.05) is 30.3 Å². The van der Waals surface area contributed by atoms with Crippen LogP contribution in [0.5, 0.6) is 0 Å². The highest BCUT2D eigenvalue weighted by atomic mass is 32.2. The standard InChI is InChI=1S/C27H32N4O6S/c32-24-12-11-21(20-7-2-1-3-8-20)13-16-29-25(33)19-30(17-6-15-28-24)26(34)14-18-31-27(35)22-9-4-5-10-23(22)38(31,36)37/h1-5,7-10,21H,6,11-19H2,(H,28,32)(H,29,33). The summed E-state index contributed by atoms with van der Waals surface area (Å²) in [6.07, 6.45) is 1.84. The lowest BCUT2D eigenvalue weighted by atomic mass is 9.91. The lowest BCUT2D eigenvalue weighted by Crippen LogP contribution is -2.44. The second-order valence-corrected chi connectivity index (χ2v) is 11.3. The van der Waals surface area contributed by atoms with Crippen molar-refractivity contribution < 1.29 is 27.6 Å². The van der Waals surface area contributed by atoms with Crippen LogP contribution >= 0.6 is 0 Å². The molecule has 0 aliphatic carbocycles. The quantitative estimate of drug-likeness (QED) is 0.606. The van der Waals surface area contributed by atoms with Crippen molar-refractivity contribution in [1.29, 1.82) is 0 Å². The van der Waals surface area contributed by atoms with Gasteiger partial charge in [-0.1, -0.05) is 42.5 Å². The topological polar surface area (TPSA) is 133 Å². The number of rotatable bonds is 4. The van der Waals surface area contributed by atoms with Crippen LogP contribution in [0.3, 0.4) is 0 Å². The Kier molecular flexibility index (Phi) is 8.77. The SMILES string of the molecule is O=C1CCC(c2ccccc2)CCNC(=O)CN(C(=O)CCN2C(=O)c3ccccc3S2(=O)=O)CCCN1. The lowest BCUT2D eigenvalue weighted by molar-refractivity contribution is -0.136. The Balaban J connectivity index is 1.39. The lowest BCUT2D eigenvalue weighted by Gasteiger charge is -2.24. The van der Waals surface area contributed by atoms with E-state index >= 15 is 0 Å². The minimum Gasteiger partial charge on any atom is -0.356 e. The minimum absolute atomic E-state index is 0.0674. The minimum atomic E-state index is -4.02. The Labute approximate surface area is 222 Å². The maximum atomic E-state index is 13.1. The molecule has 38 heavy (non-hydrogen) atoms. The highest BCUT2D eigenvalue weighted by molar-refractivity contribution is 7.90. The fraction of sp³-hybridized carbons (Fsp3) is 0.407. The molecule has 1 atom stereocenters. The molecule has 0 aromatic heterocycles. The predicted octanol–water partition coefficient (Wildman–Crippen LogP) is 1.64. The number of hydrogen-bond acceptors (Lipinski definition) is 6. The number of hydrogen-bond donors (Lipinski definition) is 2. The zero-order chi connectivity index (χ0) is 27.1. The Morgan fingerprint density at radius 3 is 2.37 bits per heavy atom. The smallest absolute Gasteiger partial charge is 0.269 e. The van der Waals surface area contributed by atoms with E-state index in [9.17, 15) is 27.6 Å². The summed E-state index contributed by atoms with van der Waals surface area (Å²) in [6.45, 7) is 0.432. The Morgan fingerprint density at radius 1 is 0.895 bits per heavy atom. The van der Waals surface area contributed by atoms with Crippen LogP contribution in [0.4, 0.5) is 0 Å². The molecule has 4 amide bonds. The van der Waals surface area contributed by atoms with Gasteiger partial charge >= 0.3 is 0 Å². The summed E-state index contributed by atoms with van der Waals surface area (Å²) in [7, 11) is -4.02. The normalized spacial score (nSPS) is 20.7. The first-order valence-corrected chi connectivity index (χ1v) is 14.2. The summed E-state index contributed by atoms with van der Waals surface area (Å²) in [5.74, 6) is -1.39. The van der Waals surface area contributed by atoms with Gasteiger partial charge in [0, 0.05) is 39.0 Å². The number of carbonyl (C=O) groups excluding carboxylic acids is 4. The number of carbonyl (C=O) groups is 4. The summed E-state index contributed by atoms with van der Waals surface area (Å²) in [6, 6.07) is 15.8. The van der Waals surface area contributed by atoms with E-state index in [4.69, 9.17) is 0 Å². The Hall–Kier alpha value is -3.73. The van der Waals surface area contributed by atoms with Gasteiger partial charge in [0.1, 0.15) is 4.90 Å². The van der Waals surface area contributed by atoms with Crippen LogP contribution in [-0.2, 0) is 24.4 Å². The molecule has 0 bridgehead atoms. The molecule has 0 radical (unpaired) electrons. The number of nitrogens with one attached hydrogen (secondary N) is 2. The fourth-order valence-corrected chi connectivity index (χ4v) is 6.38. The second-order valence-electron chi connectivity index (χ2n) is 9.43. The predicted molar refractivity (Wildman–Crippen MR) is 140 cm³/mol. The number of sulfonamides is 1. The molecule has 4 rings (SSSR count). The van der Waals surface area contributed by atoms with E-state index in [0.29, 0.717) is 43.1 Å². The molecule has 0 spiro atoms. The molecule has 202 valence electrons. The average molecular weight is 541 g/mol. The van der Waals surface area contributed by atoms with Gasteiger partial charge in [0.25, 0.3) is 15.9 Å². The second kappa shape index (κ2) is 12.2. The maximum Gasteiger partial charge on any atom is 0.269 e. The molecule has 1 fully saturated rings. The van der Waals surface area contributed by atoms with Gasteiger partial charge in [-0.2, -0.15) is 0 Å². The highest BCUT2D eigenvalue weighted by Crippen LogP contribution is 2.30. The van der Waals surface area contributed by atoms with E-state index in [-0.39, 0.29) is 54.2 Å². The first-order valence-electron chi connectivity index (χ1n) is 12.8. The van der Waals surface area contributed by atoms with Gasteiger partial charge in [-0.3, -0.25) is 19.2 Å². The van der Waals surface area contributed by atoms with Crippen LogP contribution in [0, 0.1) is 0 Å². The third-order valence-corrected chi connectivity index (χ3v) is 8.70. The Bertz CT molecular complexity index is 1300. The molecule has 2 aromatic carbocycles. The van der Waals surface area contributed by atoms with E-state index in [1.54, 1.807) is 12.1 Å². The largest absolute Gasteiger partial charge is 0.356 e. The summed E-state index contributed by atoms with van der Waals surface area (Å²) in [5.41, 5.74) is 1.19. The monoisotopic (exact) mass is 540 g/mol. The molecule has 2 aromatic rings. The van der Waals surface area contributed by atoms with Crippen molar-refractivity contribution in [2.45, 2.75) is 42.9 Å². The summed E-state index contributed by atoms with van der Waals surface area (Å²) >= 11 is 0.